The highest BCUT2D eigenvalue weighted by Gasteiger charge is 2.45. The van der Waals surface area contributed by atoms with Crippen LogP contribution in [0, 0.1) is 0 Å². The number of methoxy groups -OCH3 is 2. The lowest BCUT2D eigenvalue weighted by molar-refractivity contribution is -0.118. The number of hydrogen-bond acceptors (Lipinski definition) is 4. The topological polar surface area (TPSA) is 67.9 Å². The molecule has 1 N–H and O–H groups in total. The minimum Gasteiger partial charge on any atom is -0.497 e. The van der Waals surface area contributed by atoms with Crippen LogP contribution in [0.1, 0.15) is 57.4 Å². The second kappa shape index (κ2) is 10.9. The van der Waals surface area contributed by atoms with Crippen LogP contribution in [0.3, 0.4) is 0 Å². The van der Waals surface area contributed by atoms with Crippen LogP contribution in [0.25, 0.3) is 0 Å². The molecule has 0 saturated carbocycles. The molecule has 6 heteroatoms. The van der Waals surface area contributed by atoms with Gasteiger partial charge >= 0.3 is 0 Å². The maximum absolute atomic E-state index is 14.4. The highest BCUT2D eigenvalue weighted by Crippen LogP contribution is 2.46. The number of amides is 2. The fraction of sp³-hybridized carbons (Fsp3) is 0.235. The average Bonchev–Trinajstić information content (AvgIpc) is 3.01. The van der Waals surface area contributed by atoms with Gasteiger partial charge in [-0.05, 0) is 96.5 Å². The molecular formula is C34H32N2O4. The van der Waals surface area contributed by atoms with Crippen molar-refractivity contribution in [2.45, 2.75) is 37.6 Å². The predicted octanol–water partition coefficient (Wildman–Crippen LogP) is 6.71. The standard InChI is InChI=1S/C34H32N2O4/c1-39-25-18-14-23(15-19-25)32-31(33(37)35-30-13-7-9-22-8-3-4-10-27(22)30)28-11-5-6-12-29(28)34(38)36(32)24-16-20-26(40-2)21-17-24/h5-7,9,11-21,31-32H,3-4,8,10H2,1-2H3,(H,35,37). The first-order valence-electron chi connectivity index (χ1n) is 13.7. The van der Waals surface area contributed by atoms with Gasteiger partial charge < -0.3 is 14.8 Å². The van der Waals surface area contributed by atoms with E-state index in [1.165, 1.54) is 17.5 Å². The summed E-state index contributed by atoms with van der Waals surface area (Å²) >= 11 is 0. The smallest absolute Gasteiger partial charge is 0.259 e. The quantitative estimate of drug-likeness (QED) is 0.300. The minimum absolute atomic E-state index is 0.141. The molecule has 4 aromatic carbocycles. The van der Waals surface area contributed by atoms with Crippen LogP contribution in [-0.4, -0.2) is 26.0 Å². The van der Waals surface area contributed by atoms with Gasteiger partial charge in [0.1, 0.15) is 11.5 Å². The molecule has 1 heterocycles. The Bertz CT molecular complexity index is 1550. The molecule has 6 rings (SSSR count). The molecule has 4 aromatic rings. The predicted molar refractivity (Wildman–Crippen MR) is 156 cm³/mol. The van der Waals surface area contributed by atoms with Crippen LogP contribution >= 0.6 is 0 Å². The van der Waals surface area contributed by atoms with E-state index in [0.29, 0.717) is 22.7 Å². The number of anilines is 2. The number of carbonyl (C=O) groups excluding carboxylic acids is 2. The van der Waals surface area contributed by atoms with Gasteiger partial charge in [-0.2, -0.15) is 0 Å². The summed E-state index contributed by atoms with van der Waals surface area (Å²) in [5.74, 6) is 0.460. The van der Waals surface area contributed by atoms with Crippen LogP contribution in [0.2, 0.25) is 0 Å². The van der Waals surface area contributed by atoms with Crippen molar-refractivity contribution < 1.29 is 19.1 Å². The number of nitrogens with one attached hydrogen (secondary N) is 1. The van der Waals surface area contributed by atoms with Gasteiger partial charge in [0.15, 0.2) is 0 Å². The Hall–Kier alpha value is -4.58. The van der Waals surface area contributed by atoms with E-state index in [-0.39, 0.29) is 11.8 Å². The second-order valence-electron chi connectivity index (χ2n) is 10.3. The number of aryl methyl sites for hydroxylation is 1. The van der Waals surface area contributed by atoms with Crippen molar-refractivity contribution in [2.24, 2.45) is 0 Å². The van der Waals surface area contributed by atoms with Gasteiger partial charge in [0.2, 0.25) is 5.91 Å². The van der Waals surface area contributed by atoms with Gasteiger partial charge in [0, 0.05) is 16.9 Å². The molecule has 0 aromatic heterocycles. The highest BCUT2D eigenvalue weighted by molar-refractivity contribution is 6.12. The van der Waals surface area contributed by atoms with Gasteiger partial charge in [-0.3, -0.25) is 14.5 Å². The average molecular weight is 533 g/mol. The third kappa shape index (κ3) is 4.60. The molecule has 2 amide bonds. The van der Waals surface area contributed by atoms with E-state index in [4.69, 9.17) is 9.47 Å². The maximum Gasteiger partial charge on any atom is 0.259 e. The molecule has 2 aliphatic rings. The summed E-state index contributed by atoms with van der Waals surface area (Å²) in [6.07, 6.45) is 4.25. The van der Waals surface area contributed by atoms with Gasteiger partial charge in [-0.25, -0.2) is 0 Å². The lowest BCUT2D eigenvalue weighted by Gasteiger charge is -2.42. The van der Waals surface area contributed by atoms with Gasteiger partial charge in [-0.15, -0.1) is 0 Å². The first-order valence-corrected chi connectivity index (χ1v) is 13.7. The summed E-state index contributed by atoms with van der Waals surface area (Å²) in [6.45, 7) is 0. The molecule has 202 valence electrons. The molecule has 2 unspecified atom stereocenters. The fourth-order valence-corrected chi connectivity index (χ4v) is 6.10. The number of nitrogens with zero attached hydrogens (tertiary/aromatic N) is 1. The lowest BCUT2D eigenvalue weighted by atomic mass is 9.78. The van der Waals surface area contributed by atoms with Crippen LogP contribution < -0.4 is 19.7 Å². The largest absolute Gasteiger partial charge is 0.497 e. The Kier molecular flexibility index (Phi) is 6.99. The van der Waals surface area contributed by atoms with E-state index in [1.54, 1.807) is 19.1 Å². The zero-order valence-corrected chi connectivity index (χ0v) is 22.7. The highest BCUT2D eigenvalue weighted by atomic mass is 16.5. The van der Waals surface area contributed by atoms with E-state index >= 15 is 0 Å². The maximum atomic E-state index is 14.4. The van der Waals surface area contributed by atoms with Crippen LogP contribution in [0.5, 0.6) is 11.5 Å². The molecule has 1 aliphatic heterocycles. The molecule has 6 nitrogen and oxygen atoms in total. The van der Waals surface area contributed by atoms with Crippen molar-refractivity contribution in [3.63, 3.8) is 0 Å². The zero-order valence-electron chi connectivity index (χ0n) is 22.7. The Labute approximate surface area is 234 Å². The van der Waals surface area contributed by atoms with Crippen molar-refractivity contribution in [3.05, 3.63) is 119 Å². The Morgan fingerprint density at radius 1 is 0.800 bits per heavy atom. The summed E-state index contributed by atoms with van der Waals surface area (Å²) in [5.41, 5.74) is 6.16. The number of hydrogen-bond donors (Lipinski definition) is 1. The molecule has 0 spiro atoms. The third-order valence-electron chi connectivity index (χ3n) is 8.08. The van der Waals surface area contributed by atoms with Crippen molar-refractivity contribution in [2.75, 3.05) is 24.4 Å². The zero-order chi connectivity index (χ0) is 27.6. The Balaban J connectivity index is 1.50. The van der Waals surface area contributed by atoms with E-state index in [0.717, 1.165) is 36.1 Å². The van der Waals surface area contributed by atoms with E-state index in [1.807, 2.05) is 84.9 Å². The summed E-state index contributed by atoms with van der Waals surface area (Å²) in [7, 11) is 3.23. The van der Waals surface area contributed by atoms with Gasteiger partial charge in [0.25, 0.3) is 5.91 Å². The normalized spacial score (nSPS) is 17.9. The molecule has 0 saturated heterocycles. The van der Waals surface area contributed by atoms with Gasteiger partial charge in [0.05, 0.1) is 26.2 Å². The summed E-state index contributed by atoms with van der Waals surface area (Å²) < 4.78 is 10.8. The number of rotatable bonds is 6. The van der Waals surface area contributed by atoms with E-state index < -0.39 is 12.0 Å². The van der Waals surface area contributed by atoms with Gasteiger partial charge in [-0.1, -0.05) is 42.5 Å². The molecule has 1 aliphatic carbocycles. The summed E-state index contributed by atoms with van der Waals surface area (Å²) in [4.78, 5) is 30.3. The SMILES string of the molecule is COc1ccc(C2C(C(=O)Nc3cccc4c3CCCC4)c3ccccc3C(=O)N2c2ccc(OC)cc2)cc1. The number of benzene rings is 4. The molecule has 0 bridgehead atoms. The Morgan fingerprint density at radius 2 is 1.48 bits per heavy atom. The van der Waals surface area contributed by atoms with Crippen LogP contribution in [0.15, 0.2) is 91.0 Å². The Morgan fingerprint density at radius 3 is 2.20 bits per heavy atom. The third-order valence-corrected chi connectivity index (χ3v) is 8.08. The monoisotopic (exact) mass is 532 g/mol. The van der Waals surface area contributed by atoms with E-state index in [2.05, 4.69) is 11.4 Å². The molecule has 0 fully saturated rings. The van der Waals surface area contributed by atoms with Crippen molar-refractivity contribution in [1.29, 1.82) is 0 Å². The lowest BCUT2D eigenvalue weighted by Crippen LogP contribution is -2.46. The van der Waals surface area contributed by atoms with Crippen molar-refractivity contribution in [3.8, 4) is 11.5 Å². The first kappa shape index (κ1) is 25.7. The summed E-state index contributed by atoms with van der Waals surface area (Å²) in [6, 6.07) is 28.0. The number of fused-ring (bicyclic) bond motifs is 2. The van der Waals surface area contributed by atoms with E-state index in [9.17, 15) is 9.59 Å². The van der Waals surface area contributed by atoms with Crippen molar-refractivity contribution in [1.82, 2.24) is 0 Å². The van der Waals surface area contributed by atoms with Crippen molar-refractivity contribution >= 4 is 23.2 Å². The van der Waals surface area contributed by atoms with Crippen LogP contribution in [-0.2, 0) is 17.6 Å². The second-order valence-corrected chi connectivity index (χ2v) is 10.3. The molecular weight excluding hydrogens is 500 g/mol. The van der Waals surface area contributed by atoms with Crippen LogP contribution in [0.4, 0.5) is 11.4 Å². The number of ether oxygens (including phenoxy) is 2. The fourth-order valence-electron chi connectivity index (χ4n) is 6.10. The molecule has 0 radical (unpaired) electrons. The molecule has 2 atom stereocenters. The molecule has 40 heavy (non-hydrogen) atoms. The minimum atomic E-state index is -0.649. The first-order chi connectivity index (χ1) is 19.6. The number of carbonyl (C=O) groups is 2. The summed E-state index contributed by atoms with van der Waals surface area (Å²) in [5, 5.41) is 3.29.